The van der Waals surface area contributed by atoms with Crippen molar-refractivity contribution >= 4 is 0 Å². The maximum atomic E-state index is 12.6. The third-order valence-electron chi connectivity index (χ3n) is 3.92. The molecule has 1 atom stereocenters. The summed E-state index contributed by atoms with van der Waals surface area (Å²) < 4.78 is 37.8. The molecule has 0 bridgehead atoms. The van der Waals surface area contributed by atoms with Gasteiger partial charge in [0.2, 0.25) is 0 Å². The summed E-state index contributed by atoms with van der Waals surface area (Å²) in [7, 11) is 0. The third kappa shape index (κ3) is 4.79. The maximum Gasteiger partial charge on any atom is 0.416 e. The highest BCUT2D eigenvalue weighted by Gasteiger charge is 2.29. The van der Waals surface area contributed by atoms with Crippen LogP contribution < -0.4 is 5.32 Å². The second-order valence-electron chi connectivity index (χ2n) is 6.00. The lowest BCUT2D eigenvalue weighted by Crippen LogP contribution is -2.30. The van der Waals surface area contributed by atoms with Gasteiger partial charge in [0.1, 0.15) is 0 Å². The van der Waals surface area contributed by atoms with Crippen LogP contribution in [0.2, 0.25) is 0 Å². The molecule has 0 unspecified atom stereocenters. The Balaban J connectivity index is 2.13. The molecule has 2 rings (SSSR count). The second-order valence-corrected chi connectivity index (χ2v) is 6.00. The molecular formula is C18H21F3N2. The lowest BCUT2D eigenvalue weighted by atomic mass is 10.1. The Morgan fingerprint density at radius 1 is 1.00 bits per heavy atom. The van der Waals surface area contributed by atoms with E-state index in [4.69, 9.17) is 0 Å². The molecule has 0 spiro atoms. The Kier molecular flexibility index (Phi) is 5.42. The predicted molar refractivity (Wildman–Crippen MR) is 85.8 cm³/mol. The van der Waals surface area contributed by atoms with E-state index in [9.17, 15) is 13.2 Å². The van der Waals surface area contributed by atoms with E-state index >= 15 is 0 Å². The zero-order valence-corrected chi connectivity index (χ0v) is 13.5. The highest BCUT2D eigenvalue weighted by molar-refractivity contribution is 5.59. The largest absolute Gasteiger partial charge is 0.416 e. The van der Waals surface area contributed by atoms with Crippen LogP contribution in [0.1, 0.15) is 32.0 Å². The van der Waals surface area contributed by atoms with Crippen molar-refractivity contribution in [1.29, 1.82) is 0 Å². The fraction of sp³-hybridized carbons (Fsp3) is 0.389. The first-order valence-corrected chi connectivity index (χ1v) is 7.64. The molecule has 1 aromatic heterocycles. The third-order valence-corrected chi connectivity index (χ3v) is 3.92. The van der Waals surface area contributed by atoms with Crippen molar-refractivity contribution in [2.75, 3.05) is 0 Å². The summed E-state index contributed by atoms with van der Waals surface area (Å²) in [6, 6.07) is 11.0. The lowest BCUT2D eigenvalue weighted by molar-refractivity contribution is -0.137. The van der Waals surface area contributed by atoms with Crippen LogP contribution in [0.4, 0.5) is 13.2 Å². The average Bonchev–Trinajstić information content (AvgIpc) is 2.52. The van der Waals surface area contributed by atoms with Gasteiger partial charge in [-0.2, -0.15) is 13.2 Å². The van der Waals surface area contributed by atoms with Gasteiger partial charge in [0, 0.05) is 18.2 Å². The van der Waals surface area contributed by atoms with Gasteiger partial charge in [0.15, 0.2) is 0 Å². The van der Waals surface area contributed by atoms with E-state index in [1.54, 1.807) is 6.07 Å². The predicted octanol–water partition coefficient (Wildman–Crippen LogP) is 4.90. The van der Waals surface area contributed by atoms with Crippen LogP contribution >= 0.6 is 0 Å². The molecule has 2 aromatic rings. The van der Waals surface area contributed by atoms with Crippen molar-refractivity contribution in [3.05, 3.63) is 53.7 Å². The number of pyridine rings is 1. The Bertz CT molecular complexity index is 633. The van der Waals surface area contributed by atoms with E-state index in [0.29, 0.717) is 29.8 Å². The summed E-state index contributed by atoms with van der Waals surface area (Å²) in [6.45, 7) is 7.03. The topological polar surface area (TPSA) is 24.9 Å². The summed E-state index contributed by atoms with van der Waals surface area (Å²) in [6.07, 6.45) is -4.31. The van der Waals surface area contributed by atoms with Crippen LogP contribution in [0.15, 0.2) is 42.5 Å². The van der Waals surface area contributed by atoms with Gasteiger partial charge in [-0.15, -0.1) is 0 Å². The van der Waals surface area contributed by atoms with Crippen molar-refractivity contribution in [2.45, 2.75) is 39.5 Å². The molecule has 0 aliphatic heterocycles. The molecular weight excluding hydrogens is 301 g/mol. The Hall–Kier alpha value is -1.88. The molecule has 124 valence electrons. The van der Waals surface area contributed by atoms with Crippen molar-refractivity contribution in [1.82, 2.24) is 10.3 Å². The molecule has 23 heavy (non-hydrogen) atoms. The Morgan fingerprint density at radius 2 is 1.65 bits per heavy atom. The summed E-state index contributed by atoms with van der Waals surface area (Å²) in [4.78, 5) is 4.52. The lowest BCUT2D eigenvalue weighted by Gasteiger charge is -2.17. The molecule has 0 radical (unpaired) electrons. The van der Waals surface area contributed by atoms with Gasteiger partial charge in [0.05, 0.1) is 17.0 Å². The highest BCUT2D eigenvalue weighted by atomic mass is 19.4. The van der Waals surface area contributed by atoms with Crippen LogP contribution in [-0.2, 0) is 12.7 Å². The number of benzene rings is 1. The van der Waals surface area contributed by atoms with Gasteiger partial charge in [-0.25, -0.2) is 0 Å². The minimum absolute atomic E-state index is 0.367. The quantitative estimate of drug-likeness (QED) is 0.847. The SMILES string of the molecule is CC(C)[C@H](C)NCc1cccc(-c2ccc(C(F)(F)F)cc2)n1. The Labute approximate surface area is 134 Å². The molecule has 5 heteroatoms. The number of nitrogens with one attached hydrogen (secondary N) is 1. The molecule has 2 nitrogen and oxygen atoms in total. The number of halogens is 3. The van der Waals surface area contributed by atoms with Gasteiger partial charge in [0.25, 0.3) is 0 Å². The first kappa shape index (κ1) is 17.5. The first-order chi connectivity index (χ1) is 10.8. The molecule has 1 heterocycles. The van der Waals surface area contributed by atoms with Crippen LogP contribution in [0.3, 0.4) is 0 Å². The summed E-state index contributed by atoms with van der Waals surface area (Å²) in [5.74, 6) is 0.521. The smallest absolute Gasteiger partial charge is 0.308 e. The van der Waals surface area contributed by atoms with Crippen LogP contribution in [0, 0.1) is 5.92 Å². The van der Waals surface area contributed by atoms with Gasteiger partial charge >= 0.3 is 6.18 Å². The zero-order chi connectivity index (χ0) is 17.0. The van der Waals surface area contributed by atoms with Crippen LogP contribution in [0.25, 0.3) is 11.3 Å². The molecule has 1 aromatic carbocycles. The summed E-state index contributed by atoms with van der Waals surface area (Å²) >= 11 is 0. The molecule has 0 saturated heterocycles. The van der Waals surface area contributed by atoms with Gasteiger partial charge < -0.3 is 5.32 Å². The van der Waals surface area contributed by atoms with E-state index < -0.39 is 11.7 Å². The van der Waals surface area contributed by atoms with Crippen molar-refractivity contribution in [3.63, 3.8) is 0 Å². The fourth-order valence-corrected chi connectivity index (χ4v) is 2.07. The van der Waals surface area contributed by atoms with Gasteiger partial charge in [-0.1, -0.05) is 32.0 Å². The standard InChI is InChI=1S/C18H21F3N2/c1-12(2)13(3)22-11-16-5-4-6-17(23-16)14-7-9-15(10-8-14)18(19,20)21/h4-10,12-13,22H,11H2,1-3H3/t13-/m0/s1. The molecule has 0 amide bonds. The fourth-order valence-electron chi connectivity index (χ4n) is 2.07. The van der Waals surface area contributed by atoms with Gasteiger partial charge in [-0.3, -0.25) is 4.98 Å². The average molecular weight is 322 g/mol. The van der Waals surface area contributed by atoms with Crippen LogP contribution in [0.5, 0.6) is 0 Å². The number of aromatic nitrogens is 1. The summed E-state index contributed by atoms with van der Waals surface area (Å²) in [5, 5.41) is 3.39. The Morgan fingerprint density at radius 3 is 2.22 bits per heavy atom. The van der Waals surface area contributed by atoms with Gasteiger partial charge in [-0.05, 0) is 37.1 Å². The molecule has 1 N–H and O–H groups in total. The van der Waals surface area contributed by atoms with E-state index in [-0.39, 0.29) is 0 Å². The minimum atomic E-state index is -4.31. The van der Waals surface area contributed by atoms with E-state index in [0.717, 1.165) is 17.8 Å². The van der Waals surface area contributed by atoms with Crippen molar-refractivity contribution in [3.8, 4) is 11.3 Å². The van der Waals surface area contributed by atoms with E-state index in [1.807, 2.05) is 12.1 Å². The highest BCUT2D eigenvalue weighted by Crippen LogP contribution is 2.30. The van der Waals surface area contributed by atoms with Crippen molar-refractivity contribution in [2.24, 2.45) is 5.92 Å². The van der Waals surface area contributed by atoms with E-state index in [2.05, 4.69) is 31.1 Å². The molecule has 0 aliphatic carbocycles. The van der Waals surface area contributed by atoms with Crippen molar-refractivity contribution < 1.29 is 13.2 Å². The van der Waals surface area contributed by atoms with E-state index in [1.165, 1.54) is 12.1 Å². The normalized spacial score (nSPS) is 13.3. The number of hydrogen-bond donors (Lipinski definition) is 1. The second kappa shape index (κ2) is 7.13. The molecule has 0 saturated carbocycles. The first-order valence-electron chi connectivity index (χ1n) is 7.64. The van der Waals surface area contributed by atoms with Crippen LogP contribution in [-0.4, -0.2) is 11.0 Å². The number of rotatable bonds is 5. The molecule has 0 aliphatic rings. The molecule has 0 fully saturated rings. The minimum Gasteiger partial charge on any atom is -0.308 e. The monoisotopic (exact) mass is 322 g/mol. The zero-order valence-electron chi connectivity index (χ0n) is 13.5. The number of alkyl halides is 3. The maximum absolute atomic E-state index is 12.6. The summed E-state index contributed by atoms with van der Waals surface area (Å²) in [5.41, 5.74) is 1.58. The number of hydrogen-bond acceptors (Lipinski definition) is 2. The number of nitrogens with zero attached hydrogens (tertiary/aromatic N) is 1.